The van der Waals surface area contributed by atoms with E-state index in [1.165, 1.54) is 12.1 Å². The Bertz CT molecular complexity index is 484. The van der Waals surface area contributed by atoms with Crippen LogP contribution in [0.1, 0.15) is 12.5 Å². The molecule has 1 aromatic rings. The van der Waals surface area contributed by atoms with Gasteiger partial charge in [0.25, 0.3) is 0 Å². The maximum Gasteiger partial charge on any atom is 0.237 e. The zero-order valence-corrected chi connectivity index (χ0v) is 11.4. The number of morpholine rings is 1. The quantitative estimate of drug-likeness (QED) is 0.917. The number of carbonyl (C=O) groups is 1. The van der Waals surface area contributed by atoms with Gasteiger partial charge in [0.1, 0.15) is 11.9 Å². The predicted octanol–water partition coefficient (Wildman–Crippen LogP) is 1.55. The lowest BCUT2D eigenvalue weighted by atomic mass is 10.1. The number of nitrogens with two attached hydrogens (primary N) is 1. The molecule has 0 radical (unpaired) electrons. The molecule has 1 amide bonds. The average Bonchev–Trinajstić information content (AvgIpc) is 2.32. The largest absolute Gasteiger partial charge is 0.375 e. The van der Waals surface area contributed by atoms with E-state index in [0.717, 1.165) is 5.56 Å². The van der Waals surface area contributed by atoms with E-state index in [-0.39, 0.29) is 11.9 Å². The van der Waals surface area contributed by atoms with Crippen molar-refractivity contribution in [1.29, 1.82) is 0 Å². The van der Waals surface area contributed by atoms with Crippen LogP contribution < -0.4 is 5.73 Å². The number of ether oxygens (including phenoxy) is 1. The van der Waals surface area contributed by atoms with Crippen molar-refractivity contribution >= 4 is 17.5 Å². The molecule has 1 fully saturated rings. The van der Waals surface area contributed by atoms with Gasteiger partial charge < -0.3 is 10.5 Å². The third kappa shape index (κ3) is 3.23. The van der Waals surface area contributed by atoms with Crippen molar-refractivity contribution in [2.45, 2.75) is 25.6 Å². The summed E-state index contributed by atoms with van der Waals surface area (Å²) in [4.78, 5) is 13.4. The number of carbonyl (C=O) groups excluding carboxylic acids is 1. The fourth-order valence-corrected chi connectivity index (χ4v) is 2.57. The molecule has 1 aromatic carbocycles. The van der Waals surface area contributed by atoms with Gasteiger partial charge in [0.2, 0.25) is 5.91 Å². The van der Waals surface area contributed by atoms with Gasteiger partial charge in [0.15, 0.2) is 0 Å². The third-order valence-electron chi connectivity index (χ3n) is 3.28. The summed E-state index contributed by atoms with van der Waals surface area (Å²) in [6, 6.07) is 3.75. The summed E-state index contributed by atoms with van der Waals surface area (Å²) in [5.74, 6) is -0.805. The molecule has 1 aliphatic heterocycles. The van der Waals surface area contributed by atoms with Crippen LogP contribution in [0.25, 0.3) is 0 Å². The molecule has 1 saturated heterocycles. The lowest BCUT2D eigenvalue weighted by Gasteiger charge is -2.38. The smallest absolute Gasteiger partial charge is 0.237 e. The highest BCUT2D eigenvalue weighted by atomic mass is 35.5. The standard InChI is InChI=1S/C13H16ClFN2O2/c1-8-12(13(16)18)17(4-5-19-8)7-9-2-3-10(15)6-11(9)14/h2-3,6,8,12H,4-5,7H2,1H3,(H2,16,18)/t8-,12+/m1/s1. The Kier molecular flexibility index (Phi) is 4.39. The number of benzene rings is 1. The minimum atomic E-state index is -0.491. The zero-order chi connectivity index (χ0) is 14.0. The minimum Gasteiger partial charge on any atom is -0.375 e. The SMILES string of the molecule is C[C@H]1OCCN(Cc2ccc(F)cc2Cl)[C@@H]1C(N)=O. The molecule has 6 heteroatoms. The second kappa shape index (κ2) is 5.86. The Morgan fingerprint density at radius 2 is 2.37 bits per heavy atom. The van der Waals surface area contributed by atoms with Gasteiger partial charge in [0.05, 0.1) is 12.7 Å². The van der Waals surface area contributed by atoms with E-state index in [4.69, 9.17) is 22.1 Å². The number of primary amides is 1. The first-order chi connectivity index (χ1) is 8.99. The highest BCUT2D eigenvalue weighted by Gasteiger charge is 2.33. The number of hydrogen-bond donors (Lipinski definition) is 1. The molecule has 2 atom stereocenters. The summed E-state index contributed by atoms with van der Waals surface area (Å²) in [5.41, 5.74) is 6.18. The van der Waals surface area contributed by atoms with Crippen LogP contribution in [0.3, 0.4) is 0 Å². The van der Waals surface area contributed by atoms with Crippen LogP contribution in [-0.4, -0.2) is 36.1 Å². The molecular weight excluding hydrogens is 271 g/mol. The summed E-state index contributed by atoms with van der Waals surface area (Å²) < 4.78 is 18.4. The van der Waals surface area contributed by atoms with Gasteiger partial charge in [-0.1, -0.05) is 17.7 Å². The first-order valence-electron chi connectivity index (χ1n) is 6.08. The van der Waals surface area contributed by atoms with Gasteiger partial charge in [-0.25, -0.2) is 4.39 Å². The van der Waals surface area contributed by atoms with Crippen molar-refractivity contribution in [3.63, 3.8) is 0 Å². The molecule has 1 heterocycles. The molecule has 2 N–H and O–H groups in total. The van der Waals surface area contributed by atoms with Gasteiger partial charge in [-0.05, 0) is 24.6 Å². The maximum atomic E-state index is 13.0. The van der Waals surface area contributed by atoms with E-state index >= 15 is 0 Å². The summed E-state index contributed by atoms with van der Waals surface area (Å²) in [6.07, 6.45) is -0.259. The van der Waals surface area contributed by atoms with E-state index in [1.807, 2.05) is 11.8 Å². The fourth-order valence-electron chi connectivity index (χ4n) is 2.34. The second-order valence-electron chi connectivity index (χ2n) is 4.63. The molecule has 0 bridgehead atoms. The lowest BCUT2D eigenvalue weighted by Crippen LogP contribution is -2.56. The lowest BCUT2D eigenvalue weighted by molar-refractivity contribution is -0.136. The summed E-state index contributed by atoms with van der Waals surface area (Å²) >= 11 is 6.00. The van der Waals surface area contributed by atoms with Gasteiger partial charge >= 0.3 is 0 Å². The Morgan fingerprint density at radius 1 is 1.63 bits per heavy atom. The molecule has 0 saturated carbocycles. The minimum absolute atomic E-state index is 0.259. The molecule has 19 heavy (non-hydrogen) atoms. The molecule has 1 aliphatic rings. The van der Waals surface area contributed by atoms with Crippen LogP contribution in [0.5, 0.6) is 0 Å². The second-order valence-corrected chi connectivity index (χ2v) is 5.04. The van der Waals surface area contributed by atoms with E-state index in [9.17, 15) is 9.18 Å². The van der Waals surface area contributed by atoms with Crippen molar-refractivity contribution < 1.29 is 13.9 Å². The third-order valence-corrected chi connectivity index (χ3v) is 3.63. The van der Waals surface area contributed by atoms with Crippen molar-refractivity contribution in [2.75, 3.05) is 13.2 Å². The van der Waals surface area contributed by atoms with Crippen molar-refractivity contribution in [2.24, 2.45) is 5.73 Å². The number of halogens is 2. The van der Waals surface area contributed by atoms with Crippen LogP contribution >= 0.6 is 11.6 Å². The first kappa shape index (κ1) is 14.2. The van der Waals surface area contributed by atoms with Crippen LogP contribution in [0, 0.1) is 5.82 Å². The fraction of sp³-hybridized carbons (Fsp3) is 0.462. The monoisotopic (exact) mass is 286 g/mol. The summed E-state index contributed by atoms with van der Waals surface area (Å²) in [6.45, 7) is 3.38. The normalized spacial score (nSPS) is 24.4. The van der Waals surface area contributed by atoms with Gasteiger partial charge in [-0.3, -0.25) is 9.69 Å². The van der Waals surface area contributed by atoms with E-state index in [2.05, 4.69) is 0 Å². The zero-order valence-electron chi connectivity index (χ0n) is 10.6. The molecule has 0 aliphatic carbocycles. The maximum absolute atomic E-state index is 13.0. The topological polar surface area (TPSA) is 55.6 Å². The highest BCUT2D eigenvalue weighted by molar-refractivity contribution is 6.31. The number of hydrogen-bond acceptors (Lipinski definition) is 3. The summed E-state index contributed by atoms with van der Waals surface area (Å²) in [5, 5.41) is 0.349. The Labute approximate surface area is 116 Å². The number of amides is 1. The van der Waals surface area contributed by atoms with Crippen molar-refractivity contribution in [3.8, 4) is 0 Å². The van der Waals surface area contributed by atoms with Crippen LogP contribution in [0.4, 0.5) is 4.39 Å². The number of nitrogens with zero attached hydrogens (tertiary/aromatic N) is 1. The van der Waals surface area contributed by atoms with Gasteiger partial charge in [-0.15, -0.1) is 0 Å². The van der Waals surface area contributed by atoms with Crippen molar-refractivity contribution in [3.05, 3.63) is 34.6 Å². The Balaban J connectivity index is 2.18. The molecular formula is C13H16ClFN2O2. The molecule has 0 aromatic heterocycles. The highest BCUT2D eigenvalue weighted by Crippen LogP contribution is 2.22. The Morgan fingerprint density at radius 3 is 3.00 bits per heavy atom. The molecule has 4 nitrogen and oxygen atoms in total. The molecule has 0 spiro atoms. The summed E-state index contributed by atoms with van der Waals surface area (Å²) in [7, 11) is 0. The number of rotatable bonds is 3. The van der Waals surface area contributed by atoms with Crippen LogP contribution in [0.2, 0.25) is 5.02 Å². The van der Waals surface area contributed by atoms with Gasteiger partial charge in [-0.2, -0.15) is 0 Å². The molecule has 2 rings (SSSR count). The van der Waals surface area contributed by atoms with E-state index in [1.54, 1.807) is 6.07 Å². The Hall–Kier alpha value is -1.17. The van der Waals surface area contributed by atoms with E-state index < -0.39 is 11.9 Å². The first-order valence-corrected chi connectivity index (χ1v) is 6.45. The van der Waals surface area contributed by atoms with Crippen LogP contribution in [0.15, 0.2) is 18.2 Å². The van der Waals surface area contributed by atoms with Crippen LogP contribution in [-0.2, 0) is 16.1 Å². The molecule has 104 valence electrons. The van der Waals surface area contributed by atoms with E-state index in [0.29, 0.717) is 24.7 Å². The average molecular weight is 287 g/mol. The predicted molar refractivity (Wildman–Crippen MR) is 70.2 cm³/mol. The van der Waals surface area contributed by atoms with Gasteiger partial charge in [0, 0.05) is 18.1 Å². The molecule has 0 unspecified atom stereocenters. The van der Waals surface area contributed by atoms with Crippen molar-refractivity contribution in [1.82, 2.24) is 4.90 Å².